The van der Waals surface area contributed by atoms with E-state index in [4.69, 9.17) is 5.10 Å². The van der Waals surface area contributed by atoms with Gasteiger partial charge >= 0.3 is 6.18 Å². The smallest absolute Gasteiger partial charge is 0.368 e. The topological polar surface area (TPSA) is 53.7 Å². The molecule has 2 aromatic carbocycles. The summed E-state index contributed by atoms with van der Waals surface area (Å²) in [6.07, 6.45) is -1.24. The Morgan fingerprint density at radius 3 is 2.41 bits per heavy atom. The van der Waals surface area contributed by atoms with E-state index in [-0.39, 0.29) is 5.91 Å². The molecule has 1 saturated heterocycles. The predicted octanol–water partition coefficient (Wildman–Crippen LogP) is 5.64. The molecule has 37 heavy (non-hydrogen) atoms. The van der Waals surface area contributed by atoms with E-state index in [0.29, 0.717) is 43.9 Å². The van der Waals surface area contributed by atoms with Crippen molar-refractivity contribution in [2.75, 3.05) is 31.1 Å². The number of carbonyl (C=O) groups excluding carboxylic acids is 1. The number of nitrogens with zero attached hydrogens (tertiary/aromatic N) is 5. The van der Waals surface area contributed by atoms with Crippen molar-refractivity contribution in [2.45, 2.75) is 32.9 Å². The molecule has 1 aliphatic rings. The number of carbonyl (C=O) groups is 1. The number of hydrogen-bond acceptors (Lipinski definition) is 4. The summed E-state index contributed by atoms with van der Waals surface area (Å²) in [5, 5.41) is 4.76. The van der Waals surface area contributed by atoms with Crippen LogP contribution >= 0.6 is 0 Å². The quantitative estimate of drug-likeness (QED) is 0.351. The molecular weight excluding hydrogens is 479 g/mol. The van der Waals surface area contributed by atoms with E-state index < -0.39 is 11.7 Å². The van der Waals surface area contributed by atoms with Crippen LogP contribution in [0.4, 0.5) is 18.9 Å². The van der Waals surface area contributed by atoms with Gasteiger partial charge in [-0.25, -0.2) is 9.50 Å². The van der Waals surface area contributed by atoms with Crippen LogP contribution in [0.2, 0.25) is 0 Å². The number of amides is 1. The molecule has 1 fully saturated rings. The van der Waals surface area contributed by atoms with Gasteiger partial charge in [0.1, 0.15) is 0 Å². The van der Waals surface area contributed by atoms with E-state index in [0.717, 1.165) is 40.6 Å². The van der Waals surface area contributed by atoms with Crippen LogP contribution in [0, 0.1) is 6.92 Å². The Morgan fingerprint density at radius 1 is 1.00 bits per heavy atom. The maximum Gasteiger partial charge on any atom is 0.416 e. The van der Waals surface area contributed by atoms with E-state index in [1.165, 1.54) is 12.1 Å². The maximum atomic E-state index is 13.6. The summed E-state index contributed by atoms with van der Waals surface area (Å²) in [5.74, 6) is -0.129. The zero-order chi connectivity index (χ0) is 26.2. The number of alkyl halides is 3. The Morgan fingerprint density at radius 2 is 1.73 bits per heavy atom. The van der Waals surface area contributed by atoms with Crippen molar-refractivity contribution in [3.8, 4) is 11.1 Å². The summed E-state index contributed by atoms with van der Waals surface area (Å²) in [6, 6.07) is 15.3. The van der Waals surface area contributed by atoms with Gasteiger partial charge in [-0.2, -0.15) is 18.3 Å². The predicted molar refractivity (Wildman–Crippen MR) is 137 cm³/mol. The van der Waals surface area contributed by atoms with Gasteiger partial charge in [-0.3, -0.25) is 4.79 Å². The minimum Gasteiger partial charge on any atom is -0.368 e. The Kier molecular flexibility index (Phi) is 6.62. The molecule has 0 N–H and O–H groups in total. The first-order valence-electron chi connectivity index (χ1n) is 12.4. The largest absolute Gasteiger partial charge is 0.416 e. The van der Waals surface area contributed by atoms with Crippen LogP contribution in [0.15, 0.2) is 60.8 Å². The maximum absolute atomic E-state index is 13.6. The molecule has 6 nitrogen and oxygen atoms in total. The second-order valence-electron chi connectivity index (χ2n) is 9.26. The van der Waals surface area contributed by atoms with Crippen LogP contribution < -0.4 is 4.90 Å². The van der Waals surface area contributed by atoms with Crippen molar-refractivity contribution < 1.29 is 18.0 Å². The standard InChI is InChI=1S/C28H28F3N5O/c1-3-8-24-23(18-32-26-25(19(2)33-36(24)26)20-9-5-4-6-10-20)27(37)35-15-13-34(14-16-35)22-12-7-11-21(17-22)28(29,30)31/h4-7,9-12,17-18H,3,8,13-16H2,1-2H3. The number of rotatable bonds is 5. The first kappa shape index (κ1) is 24.8. The highest BCUT2D eigenvalue weighted by molar-refractivity contribution is 5.96. The van der Waals surface area contributed by atoms with Gasteiger partial charge < -0.3 is 9.80 Å². The van der Waals surface area contributed by atoms with Gasteiger partial charge in [-0.1, -0.05) is 49.7 Å². The van der Waals surface area contributed by atoms with Crippen LogP contribution in [0.5, 0.6) is 0 Å². The third kappa shape index (κ3) is 4.77. The normalized spacial score (nSPS) is 14.4. The highest BCUT2D eigenvalue weighted by Crippen LogP contribution is 2.32. The second kappa shape index (κ2) is 9.88. The molecule has 3 heterocycles. The van der Waals surface area contributed by atoms with E-state index in [9.17, 15) is 18.0 Å². The SMILES string of the molecule is CCCc1c(C(=O)N2CCN(c3cccc(C(F)(F)F)c3)CC2)cnc2c(-c3ccccc3)c(C)nn12. The fourth-order valence-electron chi connectivity index (χ4n) is 4.95. The number of benzene rings is 2. The molecule has 0 saturated carbocycles. The van der Waals surface area contributed by atoms with Gasteiger partial charge in [-0.15, -0.1) is 0 Å². The second-order valence-corrected chi connectivity index (χ2v) is 9.26. The molecule has 4 aromatic rings. The summed E-state index contributed by atoms with van der Waals surface area (Å²) in [6.45, 7) is 5.72. The average molecular weight is 508 g/mol. The van der Waals surface area contributed by atoms with E-state index in [1.807, 2.05) is 42.2 Å². The molecule has 0 spiro atoms. The molecule has 9 heteroatoms. The van der Waals surface area contributed by atoms with Crippen LogP contribution in [0.3, 0.4) is 0 Å². The molecule has 0 atom stereocenters. The number of fused-ring (bicyclic) bond motifs is 1. The Balaban J connectivity index is 1.40. The third-order valence-corrected chi connectivity index (χ3v) is 6.80. The van der Waals surface area contributed by atoms with E-state index >= 15 is 0 Å². The van der Waals surface area contributed by atoms with Crippen LogP contribution in [0.1, 0.15) is 40.7 Å². The number of anilines is 1. The van der Waals surface area contributed by atoms with Crippen LogP contribution in [-0.2, 0) is 12.6 Å². The van der Waals surface area contributed by atoms with Crippen molar-refractivity contribution in [3.63, 3.8) is 0 Å². The van der Waals surface area contributed by atoms with Crippen molar-refractivity contribution in [1.29, 1.82) is 0 Å². The van der Waals surface area contributed by atoms with Gasteiger partial charge in [-0.05, 0) is 37.1 Å². The van der Waals surface area contributed by atoms with E-state index in [1.54, 1.807) is 21.7 Å². The molecule has 0 bridgehead atoms. The summed E-state index contributed by atoms with van der Waals surface area (Å²) < 4.78 is 41.2. The summed E-state index contributed by atoms with van der Waals surface area (Å²) in [4.78, 5) is 21.9. The van der Waals surface area contributed by atoms with Crippen molar-refractivity contribution in [1.82, 2.24) is 19.5 Å². The van der Waals surface area contributed by atoms with Crippen molar-refractivity contribution in [2.24, 2.45) is 0 Å². The molecule has 192 valence electrons. The average Bonchev–Trinajstić information content (AvgIpc) is 3.25. The molecule has 1 aliphatic heterocycles. The van der Waals surface area contributed by atoms with Gasteiger partial charge in [0.05, 0.1) is 22.5 Å². The number of aromatic nitrogens is 3. The minimum atomic E-state index is -4.39. The monoisotopic (exact) mass is 507 g/mol. The highest BCUT2D eigenvalue weighted by atomic mass is 19.4. The summed E-state index contributed by atoms with van der Waals surface area (Å²) in [5.41, 5.74) is 4.72. The summed E-state index contributed by atoms with van der Waals surface area (Å²) in [7, 11) is 0. The lowest BCUT2D eigenvalue weighted by atomic mass is 10.1. The highest BCUT2D eigenvalue weighted by Gasteiger charge is 2.32. The zero-order valence-electron chi connectivity index (χ0n) is 20.8. The fraction of sp³-hybridized carbons (Fsp3) is 0.321. The van der Waals surface area contributed by atoms with Gasteiger partial charge in [0.2, 0.25) is 0 Å². The lowest BCUT2D eigenvalue weighted by Gasteiger charge is -2.36. The molecule has 5 rings (SSSR count). The number of hydrogen-bond donors (Lipinski definition) is 0. The summed E-state index contributed by atoms with van der Waals surface area (Å²) >= 11 is 0. The minimum absolute atomic E-state index is 0.129. The zero-order valence-corrected chi connectivity index (χ0v) is 20.8. The van der Waals surface area contributed by atoms with Crippen LogP contribution in [-0.4, -0.2) is 51.6 Å². The number of piperazine rings is 1. The molecular formula is C28H28F3N5O. The molecule has 0 aliphatic carbocycles. The van der Waals surface area contributed by atoms with Gasteiger partial charge in [0.15, 0.2) is 5.65 Å². The van der Waals surface area contributed by atoms with Crippen molar-refractivity contribution in [3.05, 3.63) is 83.3 Å². The molecule has 2 aromatic heterocycles. The number of aryl methyl sites for hydroxylation is 2. The molecule has 0 unspecified atom stereocenters. The Bertz CT molecular complexity index is 1420. The first-order chi connectivity index (χ1) is 17.8. The first-order valence-corrected chi connectivity index (χ1v) is 12.4. The third-order valence-electron chi connectivity index (χ3n) is 6.80. The molecule has 0 radical (unpaired) electrons. The molecule has 1 amide bonds. The van der Waals surface area contributed by atoms with Gasteiger partial charge in [0, 0.05) is 43.6 Å². The Hall–Kier alpha value is -3.88. The lowest BCUT2D eigenvalue weighted by molar-refractivity contribution is -0.137. The van der Waals surface area contributed by atoms with E-state index in [2.05, 4.69) is 11.9 Å². The lowest BCUT2D eigenvalue weighted by Crippen LogP contribution is -2.49. The Labute approximate surface area is 213 Å². The van der Waals surface area contributed by atoms with Crippen LogP contribution in [0.25, 0.3) is 16.8 Å². The van der Waals surface area contributed by atoms with Gasteiger partial charge in [0.25, 0.3) is 5.91 Å². The number of halogens is 3. The van der Waals surface area contributed by atoms with Crippen molar-refractivity contribution >= 4 is 17.2 Å². The fourth-order valence-corrected chi connectivity index (χ4v) is 4.95.